The molecule has 0 radical (unpaired) electrons. The minimum absolute atomic E-state index is 0.223. The van der Waals surface area contributed by atoms with Crippen molar-refractivity contribution >= 4 is 17.3 Å². The fourth-order valence-corrected chi connectivity index (χ4v) is 2.79. The highest BCUT2D eigenvalue weighted by atomic mass is 19.4. The predicted molar refractivity (Wildman–Crippen MR) is 107 cm³/mol. The van der Waals surface area contributed by atoms with E-state index in [0.29, 0.717) is 17.3 Å². The molecule has 0 unspecified atom stereocenters. The summed E-state index contributed by atoms with van der Waals surface area (Å²) in [4.78, 5) is 14.8. The van der Waals surface area contributed by atoms with Crippen LogP contribution < -0.4 is 10.6 Å². The Bertz CT molecular complexity index is 773. The van der Waals surface area contributed by atoms with Crippen molar-refractivity contribution in [2.24, 2.45) is 0 Å². The Morgan fingerprint density at radius 3 is 2.18 bits per heavy atom. The van der Waals surface area contributed by atoms with Gasteiger partial charge in [0.1, 0.15) is 6.54 Å². The SMILES string of the molecule is CCN(Cc1ccc(C(=O)Nc2ccccc2NCC(F)(F)F)cc1)C(C)C. The number of hydrogen-bond acceptors (Lipinski definition) is 3. The van der Waals surface area contributed by atoms with Crippen molar-refractivity contribution in [2.45, 2.75) is 39.5 Å². The number of rotatable bonds is 8. The second-order valence-corrected chi connectivity index (χ2v) is 6.82. The Morgan fingerprint density at radius 1 is 1.04 bits per heavy atom. The van der Waals surface area contributed by atoms with E-state index in [2.05, 4.69) is 36.3 Å². The molecule has 0 heterocycles. The number of halogens is 3. The molecule has 28 heavy (non-hydrogen) atoms. The van der Waals surface area contributed by atoms with Crippen LogP contribution in [-0.2, 0) is 6.54 Å². The molecule has 2 aromatic rings. The number of anilines is 2. The van der Waals surface area contributed by atoms with Crippen LogP contribution in [0.15, 0.2) is 48.5 Å². The van der Waals surface area contributed by atoms with E-state index in [1.54, 1.807) is 30.3 Å². The van der Waals surface area contributed by atoms with Gasteiger partial charge in [-0.15, -0.1) is 0 Å². The van der Waals surface area contributed by atoms with Crippen LogP contribution in [0.3, 0.4) is 0 Å². The third-order valence-corrected chi connectivity index (χ3v) is 4.39. The third-order valence-electron chi connectivity index (χ3n) is 4.39. The molecule has 0 saturated heterocycles. The number of amides is 1. The fourth-order valence-electron chi connectivity index (χ4n) is 2.79. The summed E-state index contributed by atoms with van der Waals surface area (Å²) in [6, 6.07) is 14.0. The first-order chi connectivity index (χ1) is 13.2. The maximum absolute atomic E-state index is 12.5. The molecule has 0 aromatic heterocycles. The maximum Gasteiger partial charge on any atom is 0.405 e. The van der Waals surface area contributed by atoms with E-state index in [-0.39, 0.29) is 11.6 Å². The van der Waals surface area contributed by atoms with Crippen molar-refractivity contribution in [3.05, 3.63) is 59.7 Å². The second-order valence-electron chi connectivity index (χ2n) is 6.82. The number of carbonyl (C=O) groups excluding carboxylic acids is 1. The average molecular weight is 393 g/mol. The molecule has 0 atom stereocenters. The van der Waals surface area contributed by atoms with Crippen LogP contribution in [0.4, 0.5) is 24.5 Å². The fraction of sp³-hybridized carbons (Fsp3) is 0.381. The Balaban J connectivity index is 2.05. The van der Waals surface area contributed by atoms with Gasteiger partial charge < -0.3 is 10.6 Å². The Labute approximate surface area is 163 Å². The molecule has 2 rings (SSSR count). The van der Waals surface area contributed by atoms with Gasteiger partial charge in [0.05, 0.1) is 11.4 Å². The first-order valence-electron chi connectivity index (χ1n) is 9.23. The summed E-state index contributed by atoms with van der Waals surface area (Å²) >= 11 is 0. The van der Waals surface area contributed by atoms with Gasteiger partial charge in [-0.1, -0.05) is 31.2 Å². The number of para-hydroxylation sites is 2. The average Bonchev–Trinajstić information content (AvgIpc) is 2.65. The van der Waals surface area contributed by atoms with Crippen molar-refractivity contribution in [2.75, 3.05) is 23.7 Å². The largest absolute Gasteiger partial charge is 0.405 e. The Kier molecular flexibility index (Phi) is 7.45. The molecule has 2 N–H and O–H groups in total. The van der Waals surface area contributed by atoms with Gasteiger partial charge in [-0.3, -0.25) is 9.69 Å². The summed E-state index contributed by atoms with van der Waals surface area (Å²) < 4.78 is 37.4. The van der Waals surface area contributed by atoms with E-state index in [4.69, 9.17) is 0 Å². The number of nitrogens with zero attached hydrogens (tertiary/aromatic N) is 1. The molecule has 0 bridgehead atoms. The quantitative estimate of drug-likeness (QED) is 0.652. The maximum atomic E-state index is 12.5. The van der Waals surface area contributed by atoms with Crippen LogP contribution in [0, 0.1) is 0 Å². The molecule has 7 heteroatoms. The Hall–Kier alpha value is -2.54. The highest BCUT2D eigenvalue weighted by molar-refractivity contribution is 6.05. The van der Waals surface area contributed by atoms with Crippen LogP contribution in [-0.4, -0.2) is 36.1 Å². The van der Waals surface area contributed by atoms with Crippen molar-refractivity contribution in [3.63, 3.8) is 0 Å². The highest BCUT2D eigenvalue weighted by Gasteiger charge is 2.27. The topological polar surface area (TPSA) is 44.4 Å². The van der Waals surface area contributed by atoms with Crippen molar-refractivity contribution in [1.29, 1.82) is 0 Å². The first-order valence-corrected chi connectivity index (χ1v) is 9.23. The van der Waals surface area contributed by atoms with Crippen molar-refractivity contribution < 1.29 is 18.0 Å². The van der Waals surface area contributed by atoms with Crippen LogP contribution in [0.1, 0.15) is 36.7 Å². The lowest BCUT2D eigenvalue weighted by Crippen LogP contribution is -2.29. The lowest BCUT2D eigenvalue weighted by Gasteiger charge is -2.24. The summed E-state index contributed by atoms with van der Waals surface area (Å²) in [5.41, 5.74) is 2.07. The molecule has 0 aliphatic rings. The zero-order valence-electron chi connectivity index (χ0n) is 16.3. The van der Waals surface area contributed by atoms with Gasteiger partial charge in [0, 0.05) is 18.2 Å². The lowest BCUT2D eigenvalue weighted by atomic mass is 10.1. The van der Waals surface area contributed by atoms with Crippen LogP contribution in [0.2, 0.25) is 0 Å². The molecular formula is C21H26F3N3O. The molecule has 0 fully saturated rings. The number of alkyl halides is 3. The molecule has 0 saturated carbocycles. The van der Waals surface area contributed by atoms with Crippen molar-refractivity contribution in [3.8, 4) is 0 Å². The van der Waals surface area contributed by atoms with Crippen molar-refractivity contribution in [1.82, 2.24) is 4.90 Å². The second kappa shape index (κ2) is 9.59. The molecule has 1 amide bonds. The van der Waals surface area contributed by atoms with Gasteiger partial charge in [-0.2, -0.15) is 13.2 Å². The first kappa shape index (κ1) is 21.8. The van der Waals surface area contributed by atoms with Gasteiger partial charge in [0.2, 0.25) is 0 Å². The van der Waals surface area contributed by atoms with E-state index < -0.39 is 12.7 Å². The van der Waals surface area contributed by atoms with E-state index in [0.717, 1.165) is 18.7 Å². The number of nitrogens with one attached hydrogen (secondary N) is 2. The molecule has 4 nitrogen and oxygen atoms in total. The van der Waals surface area contributed by atoms with E-state index >= 15 is 0 Å². The summed E-state index contributed by atoms with van der Waals surface area (Å²) in [5.74, 6) is -0.371. The van der Waals surface area contributed by atoms with Crippen LogP contribution >= 0.6 is 0 Å². The monoisotopic (exact) mass is 393 g/mol. The standard InChI is InChI=1S/C21H26F3N3O/c1-4-27(15(2)3)13-16-9-11-17(12-10-16)20(28)26-19-8-6-5-7-18(19)25-14-21(22,23)24/h5-12,15,25H,4,13-14H2,1-3H3,(H,26,28). The van der Waals surface area contributed by atoms with E-state index in [1.807, 2.05) is 12.1 Å². The highest BCUT2D eigenvalue weighted by Crippen LogP contribution is 2.24. The van der Waals surface area contributed by atoms with Crippen LogP contribution in [0.5, 0.6) is 0 Å². The third kappa shape index (κ3) is 6.56. The van der Waals surface area contributed by atoms with E-state index in [9.17, 15) is 18.0 Å². The minimum Gasteiger partial charge on any atom is -0.375 e. The molecule has 152 valence electrons. The van der Waals surface area contributed by atoms with Gasteiger partial charge in [-0.25, -0.2) is 0 Å². The van der Waals surface area contributed by atoms with Crippen LogP contribution in [0.25, 0.3) is 0 Å². The van der Waals surface area contributed by atoms with Gasteiger partial charge in [0.15, 0.2) is 0 Å². The number of hydrogen-bond donors (Lipinski definition) is 2. The summed E-state index contributed by atoms with van der Waals surface area (Å²) in [6.45, 7) is 6.93. The Morgan fingerprint density at radius 2 is 1.64 bits per heavy atom. The van der Waals surface area contributed by atoms with Gasteiger partial charge in [-0.05, 0) is 50.2 Å². The zero-order valence-corrected chi connectivity index (χ0v) is 16.3. The molecule has 2 aromatic carbocycles. The minimum atomic E-state index is -4.34. The summed E-state index contributed by atoms with van der Waals surface area (Å²) in [5, 5.41) is 4.99. The summed E-state index contributed by atoms with van der Waals surface area (Å²) in [6.07, 6.45) is -4.34. The predicted octanol–water partition coefficient (Wildman–Crippen LogP) is 5.14. The molecular weight excluding hydrogens is 367 g/mol. The number of carbonyl (C=O) groups is 1. The molecule has 0 aliphatic heterocycles. The van der Waals surface area contributed by atoms with Gasteiger partial charge >= 0.3 is 6.18 Å². The smallest absolute Gasteiger partial charge is 0.375 e. The van der Waals surface area contributed by atoms with Gasteiger partial charge in [0.25, 0.3) is 5.91 Å². The normalized spacial score (nSPS) is 11.7. The summed E-state index contributed by atoms with van der Waals surface area (Å²) in [7, 11) is 0. The number of benzene rings is 2. The molecule has 0 aliphatic carbocycles. The zero-order chi connectivity index (χ0) is 20.7. The lowest BCUT2D eigenvalue weighted by molar-refractivity contribution is -0.115. The van der Waals surface area contributed by atoms with E-state index in [1.165, 1.54) is 6.07 Å². The molecule has 0 spiro atoms.